The van der Waals surface area contributed by atoms with Crippen molar-refractivity contribution in [1.82, 2.24) is 25.3 Å². The van der Waals surface area contributed by atoms with Crippen molar-refractivity contribution in [3.05, 3.63) is 128 Å². The molecule has 300 valence electrons. The fraction of sp³-hybridized carbons (Fsp3) is 0.304. The minimum atomic E-state index is 0.0816. The van der Waals surface area contributed by atoms with Crippen LogP contribution in [0.1, 0.15) is 79.3 Å². The Morgan fingerprint density at radius 2 is 1.41 bits per heavy atom. The van der Waals surface area contributed by atoms with Gasteiger partial charge in [0.05, 0.1) is 37.3 Å². The first kappa shape index (κ1) is 41.4. The first-order valence-corrected chi connectivity index (χ1v) is 21.6. The molecule has 12 heteroatoms. The summed E-state index contributed by atoms with van der Waals surface area (Å²) in [4.78, 5) is 20.9. The van der Waals surface area contributed by atoms with Gasteiger partial charge in [0.1, 0.15) is 23.3 Å². The number of nitrogens with zero attached hydrogens (tertiary/aromatic N) is 4. The number of hydrogen-bond donors (Lipinski definition) is 3. The van der Waals surface area contributed by atoms with Crippen LogP contribution in [-0.4, -0.2) is 40.2 Å². The Balaban J connectivity index is 0.000000199. The number of anilines is 2. The van der Waals surface area contributed by atoms with E-state index >= 15 is 0 Å². The summed E-state index contributed by atoms with van der Waals surface area (Å²) < 4.78 is 12.0. The normalized spacial score (nSPS) is 13.9. The summed E-state index contributed by atoms with van der Waals surface area (Å²) in [6, 6.07) is 31.7. The molecule has 3 N–H and O–H groups in total. The van der Waals surface area contributed by atoms with Crippen molar-refractivity contribution in [3.63, 3.8) is 0 Å². The molecule has 1 fully saturated rings. The molecule has 0 radical (unpaired) electrons. The molecular formula is C46H49BrClN7O2S. The van der Waals surface area contributed by atoms with Gasteiger partial charge >= 0.3 is 0 Å². The Morgan fingerprint density at radius 3 is 2.14 bits per heavy atom. The maximum atomic E-state index is 6.07. The lowest BCUT2D eigenvalue weighted by Gasteiger charge is -2.17. The fourth-order valence-electron chi connectivity index (χ4n) is 7.38. The van der Waals surface area contributed by atoms with Crippen molar-refractivity contribution in [2.45, 2.75) is 78.0 Å². The summed E-state index contributed by atoms with van der Waals surface area (Å²) in [6.45, 7) is 8.99. The van der Waals surface area contributed by atoms with Crippen LogP contribution in [0.15, 0.2) is 95.5 Å². The van der Waals surface area contributed by atoms with Gasteiger partial charge in [-0.05, 0) is 106 Å². The first-order valence-electron chi connectivity index (χ1n) is 19.6. The Bertz CT molecular complexity index is 2530. The third kappa shape index (κ3) is 9.89. The second-order valence-electron chi connectivity index (χ2n) is 14.6. The molecule has 0 bridgehead atoms. The molecule has 1 aliphatic carbocycles. The molecule has 3 aromatic heterocycles. The second kappa shape index (κ2) is 18.8. The number of aromatic nitrogens is 4. The van der Waals surface area contributed by atoms with E-state index < -0.39 is 0 Å². The molecule has 2 atom stereocenters. The largest absolute Gasteiger partial charge is 0.493 e. The van der Waals surface area contributed by atoms with Gasteiger partial charge in [-0.15, -0.1) is 11.3 Å². The predicted octanol–water partition coefficient (Wildman–Crippen LogP) is 12.4. The predicted molar refractivity (Wildman–Crippen MR) is 244 cm³/mol. The summed E-state index contributed by atoms with van der Waals surface area (Å²) in [5.74, 6) is 4.40. The number of ether oxygens (including phenoxy) is 2. The van der Waals surface area contributed by atoms with E-state index in [1.54, 1.807) is 14.2 Å². The van der Waals surface area contributed by atoms with Crippen molar-refractivity contribution < 1.29 is 9.47 Å². The molecule has 3 heterocycles. The smallest absolute Gasteiger partial charge is 0.162 e. The zero-order chi connectivity index (χ0) is 40.8. The van der Waals surface area contributed by atoms with Crippen LogP contribution >= 0.6 is 38.9 Å². The number of nitrogens with one attached hydrogen (secondary N) is 3. The van der Waals surface area contributed by atoms with Crippen LogP contribution in [-0.2, 0) is 6.54 Å². The number of benzene rings is 4. The van der Waals surface area contributed by atoms with E-state index in [1.165, 1.54) is 46.6 Å². The summed E-state index contributed by atoms with van der Waals surface area (Å²) in [7, 11) is 3.28. The highest BCUT2D eigenvalue weighted by atomic mass is 79.9. The quantitative estimate of drug-likeness (QED) is 0.111. The summed E-state index contributed by atoms with van der Waals surface area (Å²) in [6.07, 6.45) is 5.29. The summed E-state index contributed by atoms with van der Waals surface area (Å²) in [5.41, 5.74) is 5.54. The van der Waals surface area contributed by atoms with E-state index in [0.717, 1.165) is 60.9 Å². The minimum Gasteiger partial charge on any atom is -0.493 e. The fourth-order valence-corrected chi connectivity index (χ4v) is 9.01. The highest BCUT2D eigenvalue weighted by Crippen LogP contribution is 2.38. The van der Waals surface area contributed by atoms with Gasteiger partial charge in [0.2, 0.25) is 0 Å². The number of aryl methyl sites for hydroxylation is 2. The monoisotopic (exact) mass is 877 g/mol. The lowest BCUT2D eigenvalue weighted by atomic mass is 10.1. The molecule has 8 rings (SSSR count). The van der Waals surface area contributed by atoms with Crippen molar-refractivity contribution >= 4 is 72.3 Å². The molecule has 1 saturated carbocycles. The van der Waals surface area contributed by atoms with Gasteiger partial charge in [-0.3, -0.25) is 0 Å². The van der Waals surface area contributed by atoms with Crippen LogP contribution < -0.4 is 25.4 Å². The van der Waals surface area contributed by atoms with E-state index in [1.807, 2.05) is 73.7 Å². The Labute approximate surface area is 358 Å². The van der Waals surface area contributed by atoms with Gasteiger partial charge in [0, 0.05) is 48.7 Å². The number of halogens is 2. The van der Waals surface area contributed by atoms with Crippen LogP contribution in [0.5, 0.6) is 11.5 Å². The Morgan fingerprint density at radius 1 is 0.741 bits per heavy atom. The lowest BCUT2D eigenvalue weighted by Crippen LogP contribution is -2.25. The van der Waals surface area contributed by atoms with Crippen molar-refractivity contribution in [3.8, 4) is 21.9 Å². The van der Waals surface area contributed by atoms with Crippen LogP contribution in [0, 0.1) is 13.8 Å². The molecule has 0 saturated heterocycles. The maximum absolute atomic E-state index is 6.07. The third-order valence-corrected chi connectivity index (χ3v) is 12.4. The Hall–Kier alpha value is -4.81. The van der Waals surface area contributed by atoms with Gasteiger partial charge in [0.15, 0.2) is 11.5 Å². The molecule has 9 nitrogen and oxygen atoms in total. The van der Waals surface area contributed by atoms with E-state index in [2.05, 4.69) is 103 Å². The first-order chi connectivity index (χ1) is 28.1. The minimum absolute atomic E-state index is 0.0816. The van der Waals surface area contributed by atoms with Crippen LogP contribution in [0.2, 0.25) is 5.02 Å². The van der Waals surface area contributed by atoms with Crippen molar-refractivity contribution in [2.75, 3.05) is 24.9 Å². The lowest BCUT2D eigenvalue weighted by molar-refractivity contribution is 0.356. The zero-order valence-electron chi connectivity index (χ0n) is 33.7. The highest BCUT2D eigenvalue weighted by molar-refractivity contribution is 9.10. The summed E-state index contributed by atoms with van der Waals surface area (Å²) >= 11 is 11.4. The number of rotatable bonds is 12. The van der Waals surface area contributed by atoms with Gasteiger partial charge in [-0.25, -0.2) is 19.9 Å². The molecule has 1 unspecified atom stereocenters. The molecular weight excluding hydrogens is 830 g/mol. The van der Waals surface area contributed by atoms with Crippen LogP contribution in [0.4, 0.5) is 11.6 Å². The number of thiophene rings is 1. The molecule has 58 heavy (non-hydrogen) atoms. The molecule has 1 aliphatic rings. The zero-order valence-corrected chi connectivity index (χ0v) is 36.9. The van der Waals surface area contributed by atoms with Gasteiger partial charge in [-0.2, -0.15) is 0 Å². The van der Waals surface area contributed by atoms with Gasteiger partial charge < -0.3 is 25.4 Å². The van der Waals surface area contributed by atoms with Crippen molar-refractivity contribution in [1.29, 1.82) is 0 Å². The average Bonchev–Trinajstić information content (AvgIpc) is 3.94. The van der Waals surface area contributed by atoms with E-state index in [4.69, 9.17) is 26.1 Å². The average molecular weight is 879 g/mol. The maximum Gasteiger partial charge on any atom is 0.162 e. The van der Waals surface area contributed by atoms with Crippen LogP contribution in [0.3, 0.4) is 0 Å². The summed E-state index contributed by atoms with van der Waals surface area (Å²) in [5, 5.41) is 13.5. The molecule has 0 amide bonds. The standard InChI is InChI=1S/C29H34N4O2S.C17H15BrClN3/c1-18(31-29-23-15-25(34-3)26(35-4)16-24(23)32-19(2)33-29)27-13-14-28(36-27)22-12-8-5-9-20(22)17-30-21-10-6-7-11-21;1-10(12-4-3-5-14(19)8-12)20-17-15-9-13(18)6-7-16(15)21-11(2)22-17/h5,8-9,12-16,18,21,30H,6-7,10-11,17H2,1-4H3,(H,31,32,33);3-10H,1-2H3,(H,20,21,22)/t;10-/m.1/s1. The van der Waals surface area contributed by atoms with E-state index in [0.29, 0.717) is 23.4 Å². The SMILES string of the molecule is COc1cc2nc(C)nc(NC(C)c3ccc(-c4ccccc4CNC4CCCC4)s3)c2cc1OC.Cc1nc(N[C@H](C)c2cccc(Cl)c2)c2cc(Br)ccc2n1. The van der Waals surface area contributed by atoms with E-state index in [9.17, 15) is 0 Å². The molecule has 7 aromatic rings. The van der Waals surface area contributed by atoms with Gasteiger partial charge in [0.25, 0.3) is 0 Å². The molecule has 0 spiro atoms. The third-order valence-electron chi connectivity index (χ3n) is 10.4. The van der Waals surface area contributed by atoms with Crippen LogP contribution in [0.25, 0.3) is 32.2 Å². The van der Waals surface area contributed by atoms with Crippen molar-refractivity contribution in [2.24, 2.45) is 0 Å². The highest BCUT2D eigenvalue weighted by Gasteiger charge is 2.19. The Kier molecular flexibility index (Phi) is 13.4. The van der Waals surface area contributed by atoms with E-state index in [-0.39, 0.29) is 12.1 Å². The second-order valence-corrected chi connectivity index (χ2v) is 17.1. The number of fused-ring (bicyclic) bond motifs is 2. The van der Waals surface area contributed by atoms with Gasteiger partial charge in [-0.1, -0.05) is 76.8 Å². The molecule has 4 aromatic carbocycles. The topological polar surface area (TPSA) is 106 Å². The number of hydrogen-bond acceptors (Lipinski definition) is 10. The molecule has 0 aliphatic heterocycles. The number of methoxy groups -OCH3 is 2.